The highest BCUT2D eigenvalue weighted by atomic mass is 35.5. The number of Topliss-reactive ketones (excluding diaryl/α,β-unsaturated/α-hetero) is 1. The second-order valence-corrected chi connectivity index (χ2v) is 13.6. The lowest BCUT2D eigenvalue weighted by molar-refractivity contribution is -0.159. The zero-order valence-corrected chi connectivity index (χ0v) is 20.9. The van der Waals surface area contributed by atoms with Crippen LogP contribution >= 0.6 is 23.2 Å². The molecule has 6 nitrogen and oxygen atoms in total. The molecule has 0 radical (unpaired) electrons. The van der Waals surface area contributed by atoms with Crippen LogP contribution in [0.1, 0.15) is 70.6 Å². The van der Waals surface area contributed by atoms with Gasteiger partial charge in [0, 0.05) is 6.42 Å². The first-order valence-electron chi connectivity index (χ1n) is 11.8. The van der Waals surface area contributed by atoms with E-state index in [0.29, 0.717) is 31.1 Å². The van der Waals surface area contributed by atoms with Crippen LogP contribution in [-0.4, -0.2) is 25.6 Å². The van der Waals surface area contributed by atoms with Gasteiger partial charge in [-0.1, -0.05) is 42.1 Å². The molecular weight excluding hydrogens is 483 g/mol. The molecule has 3 N–H and O–H groups in total. The Labute approximate surface area is 205 Å². The lowest BCUT2D eigenvalue weighted by Crippen LogP contribution is -2.59. The summed E-state index contributed by atoms with van der Waals surface area (Å²) in [4.78, 5) is 26.1. The van der Waals surface area contributed by atoms with Gasteiger partial charge in [-0.15, -0.1) is 0 Å². The third-order valence-corrected chi connectivity index (χ3v) is 11.2. The molecule has 0 aromatic heterocycles. The van der Waals surface area contributed by atoms with Crippen LogP contribution in [0, 0.1) is 22.7 Å². The minimum atomic E-state index is -4.11. The summed E-state index contributed by atoms with van der Waals surface area (Å²) >= 11 is 12.4. The predicted octanol–water partition coefficient (Wildman–Crippen LogP) is 4.62. The maximum Gasteiger partial charge on any atom is 0.244 e. The molecule has 1 aromatic carbocycles. The maximum absolute atomic E-state index is 13.9. The minimum Gasteiger partial charge on any atom is -0.369 e. The Hall–Kier alpha value is -1.15. The lowest BCUT2D eigenvalue weighted by atomic mass is 9.43. The molecular formula is C24H30Cl2N2O4S. The molecule has 2 atom stereocenters. The molecule has 0 aliphatic heterocycles. The van der Waals surface area contributed by atoms with Crippen molar-refractivity contribution in [3.05, 3.63) is 28.2 Å². The molecule has 33 heavy (non-hydrogen) atoms. The number of carbonyl (C=O) groups excluding carboxylic acids is 2. The first-order valence-corrected chi connectivity index (χ1v) is 14.0. The zero-order chi connectivity index (χ0) is 23.6. The smallest absolute Gasteiger partial charge is 0.244 e. The first-order chi connectivity index (χ1) is 15.5. The number of halogens is 2. The molecule has 0 spiro atoms. The number of hydrogen-bond donors (Lipinski definition) is 2. The monoisotopic (exact) mass is 512 g/mol. The second kappa shape index (κ2) is 7.94. The summed E-state index contributed by atoms with van der Waals surface area (Å²) in [5.74, 6) is 0.529. The SMILES string of the molecule is NC(=O)C12CC3CC(CC(CC(=O)C4(NS(=O)(=O)c5c(Cl)cccc5Cl)CCCC4)(C3)C1)C2. The highest BCUT2D eigenvalue weighted by Crippen LogP contribution is 2.66. The number of amides is 1. The maximum atomic E-state index is 13.9. The third-order valence-electron chi connectivity index (χ3n) is 8.75. The number of hydrogen-bond acceptors (Lipinski definition) is 4. The van der Waals surface area contributed by atoms with Crippen LogP contribution in [-0.2, 0) is 19.6 Å². The molecule has 5 aliphatic rings. The van der Waals surface area contributed by atoms with Gasteiger partial charge in [0.1, 0.15) is 4.90 Å². The van der Waals surface area contributed by atoms with E-state index in [1.807, 2.05) is 0 Å². The van der Waals surface area contributed by atoms with Gasteiger partial charge in [0.15, 0.2) is 5.78 Å². The number of nitrogens with one attached hydrogen (secondary N) is 1. The van der Waals surface area contributed by atoms with Crippen molar-refractivity contribution in [2.45, 2.75) is 81.1 Å². The number of sulfonamides is 1. The number of benzene rings is 1. The number of primary amides is 1. The average Bonchev–Trinajstić information content (AvgIpc) is 3.15. The highest BCUT2D eigenvalue weighted by Gasteiger charge is 2.61. The molecule has 9 heteroatoms. The average molecular weight is 513 g/mol. The van der Waals surface area contributed by atoms with Gasteiger partial charge in [0.2, 0.25) is 15.9 Å². The molecule has 0 saturated heterocycles. The van der Waals surface area contributed by atoms with Crippen molar-refractivity contribution in [3.8, 4) is 0 Å². The molecule has 5 aliphatic carbocycles. The van der Waals surface area contributed by atoms with Gasteiger partial charge >= 0.3 is 0 Å². The fraction of sp³-hybridized carbons (Fsp3) is 0.667. The van der Waals surface area contributed by atoms with E-state index in [0.717, 1.165) is 44.9 Å². The van der Waals surface area contributed by atoms with Crippen molar-refractivity contribution in [2.24, 2.45) is 28.4 Å². The fourth-order valence-electron chi connectivity index (χ4n) is 7.92. The summed E-state index contributed by atoms with van der Waals surface area (Å²) in [6.07, 6.45) is 7.99. The summed E-state index contributed by atoms with van der Waals surface area (Å²) in [6, 6.07) is 4.54. The Morgan fingerprint density at radius 3 is 2.15 bits per heavy atom. The fourth-order valence-corrected chi connectivity index (χ4v) is 10.5. The summed E-state index contributed by atoms with van der Waals surface area (Å²) in [5.41, 5.74) is 3.94. The van der Waals surface area contributed by atoms with Crippen LogP contribution < -0.4 is 10.5 Å². The molecule has 5 fully saturated rings. The van der Waals surface area contributed by atoms with Crippen molar-refractivity contribution >= 4 is 44.9 Å². The van der Waals surface area contributed by atoms with Crippen LogP contribution in [0.4, 0.5) is 0 Å². The van der Waals surface area contributed by atoms with Gasteiger partial charge in [-0.25, -0.2) is 8.42 Å². The standard InChI is InChI=1S/C24H30Cl2N2O4S/c25-17-4-3-5-18(26)20(17)33(31,32)28-24(6-1-2-7-24)19(29)13-22-9-15-8-16(10-22)12-23(11-15,14-22)21(27)30/h3-5,15-16,28H,1-2,6-14H2,(H2,27,30). The largest absolute Gasteiger partial charge is 0.369 e. The van der Waals surface area contributed by atoms with Crippen LogP contribution in [0.2, 0.25) is 10.0 Å². The quantitative estimate of drug-likeness (QED) is 0.555. The van der Waals surface area contributed by atoms with Gasteiger partial charge in [0.05, 0.1) is 21.0 Å². The summed E-state index contributed by atoms with van der Waals surface area (Å²) < 4.78 is 29.4. The van der Waals surface area contributed by atoms with Gasteiger partial charge in [-0.3, -0.25) is 9.59 Å². The summed E-state index contributed by atoms with van der Waals surface area (Å²) in [5, 5.41) is 0.0557. The minimum absolute atomic E-state index is 0.0279. The Balaban J connectivity index is 1.44. The van der Waals surface area contributed by atoms with E-state index < -0.39 is 21.0 Å². The normalized spacial score (nSPS) is 34.5. The Morgan fingerprint density at radius 1 is 1.03 bits per heavy atom. The van der Waals surface area contributed by atoms with Crippen molar-refractivity contribution in [1.29, 1.82) is 0 Å². The number of nitrogens with two attached hydrogens (primary N) is 1. The second-order valence-electron chi connectivity index (χ2n) is 11.2. The number of carbonyl (C=O) groups is 2. The van der Waals surface area contributed by atoms with Gasteiger partial charge in [0.25, 0.3) is 0 Å². The van der Waals surface area contributed by atoms with Crippen LogP contribution in [0.15, 0.2) is 23.1 Å². The van der Waals surface area contributed by atoms with E-state index in [1.165, 1.54) is 12.1 Å². The van der Waals surface area contributed by atoms with Gasteiger partial charge in [-0.2, -0.15) is 4.72 Å². The molecule has 2 unspecified atom stereocenters. The molecule has 6 rings (SSSR count). The topological polar surface area (TPSA) is 106 Å². The van der Waals surface area contributed by atoms with E-state index in [9.17, 15) is 18.0 Å². The van der Waals surface area contributed by atoms with Crippen molar-refractivity contribution < 1.29 is 18.0 Å². The van der Waals surface area contributed by atoms with E-state index >= 15 is 0 Å². The summed E-state index contributed by atoms with van der Waals surface area (Å²) in [7, 11) is -4.11. The van der Waals surface area contributed by atoms with Gasteiger partial charge < -0.3 is 5.73 Å². The first kappa shape index (κ1) is 23.6. The van der Waals surface area contributed by atoms with Crippen LogP contribution in [0.25, 0.3) is 0 Å². The predicted molar refractivity (Wildman–Crippen MR) is 126 cm³/mol. The third kappa shape index (κ3) is 3.93. The Kier molecular flexibility index (Phi) is 5.67. The Morgan fingerprint density at radius 2 is 1.61 bits per heavy atom. The molecule has 5 saturated carbocycles. The van der Waals surface area contributed by atoms with E-state index in [4.69, 9.17) is 28.9 Å². The summed E-state index contributed by atoms with van der Waals surface area (Å²) in [6.45, 7) is 0. The molecule has 4 bridgehead atoms. The van der Waals surface area contributed by atoms with Crippen LogP contribution in [0.5, 0.6) is 0 Å². The van der Waals surface area contributed by atoms with E-state index in [-0.39, 0.29) is 38.5 Å². The lowest BCUT2D eigenvalue weighted by Gasteiger charge is -2.61. The number of ketones is 1. The van der Waals surface area contributed by atoms with E-state index in [1.54, 1.807) is 6.07 Å². The highest BCUT2D eigenvalue weighted by molar-refractivity contribution is 7.89. The van der Waals surface area contributed by atoms with Crippen LogP contribution in [0.3, 0.4) is 0 Å². The zero-order valence-electron chi connectivity index (χ0n) is 18.5. The Bertz CT molecular complexity index is 1080. The molecule has 1 aromatic rings. The molecule has 0 heterocycles. The van der Waals surface area contributed by atoms with Crippen molar-refractivity contribution in [1.82, 2.24) is 4.72 Å². The van der Waals surface area contributed by atoms with E-state index in [2.05, 4.69) is 4.72 Å². The van der Waals surface area contributed by atoms with Gasteiger partial charge in [-0.05, 0) is 80.8 Å². The molecule has 180 valence electrons. The number of rotatable bonds is 7. The van der Waals surface area contributed by atoms with Crippen molar-refractivity contribution in [3.63, 3.8) is 0 Å². The van der Waals surface area contributed by atoms with Crippen molar-refractivity contribution in [2.75, 3.05) is 0 Å². The molecule has 1 amide bonds.